The van der Waals surface area contributed by atoms with E-state index in [1.807, 2.05) is 6.07 Å². The number of nitrogens with zero attached hydrogens (tertiary/aromatic N) is 1. The van der Waals surface area contributed by atoms with Crippen molar-refractivity contribution in [3.63, 3.8) is 0 Å². The van der Waals surface area contributed by atoms with Gasteiger partial charge in [-0.05, 0) is 13.3 Å². The van der Waals surface area contributed by atoms with Gasteiger partial charge in [-0.25, -0.2) is 0 Å². The highest BCUT2D eigenvalue weighted by molar-refractivity contribution is 6.08. The van der Waals surface area contributed by atoms with Crippen LogP contribution in [-0.4, -0.2) is 11.6 Å². The Hall–Kier alpha value is -1.17. The van der Waals surface area contributed by atoms with E-state index in [1.165, 1.54) is 0 Å². The van der Waals surface area contributed by atoms with Gasteiger partial charge in [-0.1, -0.05) is 0 Å². The highest BCUT2D eigenvalue weighted by atomic mass is 16.2. The first-order valence-corrected chi connectivity index (χ1v) is 4.05. The quantitative estimate of drug-likeness (QED) is 0.549. The Balaban J connectivity index is 2.89. The molecular weight excluding hydrogens is 154 g/mol. The van der Waals surface area contributed by atoms with E-state index in [1.54, 1.807) is 6.92 Å². The van der Waals surface area contributed by atoms with Gasteiger partial charge in [0.15, 0.2) is 0 Å². The van der Waals surface area contributed by atoms with E-state index in [9.17, 15) is 9.59 Å². The smallest absolute Gasteiger partial charge is 0.147 e. The lowest BCUT2D eigenvalue weighted by Gasteiger charge is -2.27. The van der Waals surface area contributed by atoms with Crippen LogP contribution >= 0.6 is 0 Å². The molecule has 0 atom stereocenters. The second kappa shape index (κ2) is 3.06. The Morgan fingerprint density at radius 2 is 1.92 bits per heavy atom. The SMILES string of the molecule is CC1(CC#N)C(=O)CCCC1=O. The van der Waals surface area contributed by atoms with E-state index in [0.717, 1.165) is 0 Å². The minimum atomic E-state index is -0.993. The van der Waals surface area contributed by atoms with E-state index in [-0.39, 0.29) is 18.0 Å². The van der Waals surface area contributed by atoms with Gasteiger partial charge in [-0.15, -0.1) is 0 Å². The van der Waals surface area contributed by atoms with Crippen LogP contribution in [-0.2, 0) is 9.59 Å². The summed E-state index contributed by atoms with van der Waals surface area (Å²) in [6.45, 7) is 1.58. The molecular formula is C9H11NO2. The molecule has 12 heavy (non-hydrogen) atoms. The normalized spacial score (nSPS) is 22.0. The molecule has 0 radical (unpaired) electrons. The van der Waals surface area contributed by atoms with Gasteiger partial charge < -0.3 is 0 Å². The van der Waals surface area contributed by atoms with Crippen molar-refractivity contribution in [2.45, 2.75) is 32.6 Å². The molecule has 0 aromatic heterocycles. The van der Waals surface area contributed by atoms with Crippen molar-refractivity contribution in [1.82, 2.24) is 0 Å². The highest BCUT2D eigenvalue weighted by Gasteiger charge is 2.42. The van der Waals surface area contributed by atoms with Gasteiger partial charge in [0.2, 0.25) is 0 Å². The molecule has 0 spiro atoms. The number of ketones is 2. The van der Waals surface area contributed by atoms with Gasteiger partial charge in [0.1, 0.15) is 11.6 Å². The molecule has 3 nitrogen and oxygen atoms in total. The van der Waals surface area contributed by atoms with E-state index < -0.39 is 5.41 Å². The van der Waals surface area contributed by atoms with Crippen LogP contribution in [0.3, 0.4) is 0 Å². The fourth-order valence-corrected chi connectivity index (χ4v) is 1.47. The molecule has 0 saturated heterocycles. The van der Waals surface area contributed by atoms with Gasteiger partial charge in [0.05, 0.1) is 17.9 Å². The van der Waals surface area contributed by atoms with Crippen molar-refractivity contribution in [3.05, 3.63) is 0 Å². The number of carbonyl (C=O) groups is 2. The summed E-state index contributed by atoms with van der Waals surface area (Å²) < 4.78 is 0. The number of hydrogen-bond acceptors (Lipinski definition) is 3. The summed E-state index contributed by atoms with van der Waals surface area (Å²) in [4.78, 5) is 22.7. The largest absolute Gasteiger partial charge is 0.299 e. The zero-order valence-corrected chi connectivity index (χ0v) is 7.09. The predicted molar refractivity (Wildman–Crippen MR) is 42.2 cm³/mol. The maximum Gasteiger partial charge on any atom is 0.147 e. The van der Waals surface area contributed by atoms with Crippen molar-refractivity contribution in [2.24, 2.45) is 5.41 Å². The van der Waals surface area contributed by atoms with Crippen molar-refractivity contribution in [1.29, 1.82) is 5.26 Å². The molecule has 0 unspecified atom stereocenters. The predicted octanol–water partition coefficient (Wildman–Crippen LogP) is 1.23. The van der Waals surface area contributed by atoms with Gasteiger partial charge in [0.25, 0.3) is 0 Å². The maximum atomic E-state index is 11.3. The van der Waals surface area contributed by atoms with E-state index in [0.29, 0.717) is 19.3 Å². The summed E-state index contributed by atoms with van der Waals surface area (Å²) in [6.07, 6.45) is 1.58. The molecule has 0 N–H and O–H groups in total. The van der Waals surface area contributed by atoms with Crippen molar-refractivity contribution in [3.8, 4) is 6.07 Å². The summed E-state index contributed by atoms with van der Waals surface area (Å²) in [5.41, 5.74) is -0.993. The molecule has 0 bridgehead atoms. The third kappa shape index (κ3) is 1.25. The minimum Gasteiger partial charge on any atom is -0.299 e. The molecule has 1 aliphatic carbocycles. The molecule has 1 aliphatic rings. The number of nitriles is 1. The van der Waals surface area contributed by atoms with Crippen LogP contribution in [0, 0.1) is 16.7 Å². The number of hydrogen-bond donors (Lipinski definition) is 0. The van der Waals surface area contributed by atoms with Crippen LogP contribution in [0.1, 0.15) is 32.6 Å². The zero-order chi connectivity index (χ0) is 9.19. The minimum absolute atomic E-state index is 0.0324. The van der Waals surface area contributed by atoms with Gasteiger partial charge in [-0.2, -0.15) is 5.26 Å². The molecule has 1 rings (SSSR count). The lowest BCUT2D eigenvalue weighted by molar-refractivity contribution is -0.142. The summed E-state index contributed by atoms with van der Waals surface area (Å²) in [7, 11) is 0. The Bertz CT molecular complexity index is 246. The van der Waals surface area contributed by atoms with Crippen molar-refractivity contribution < 1.29 is 9.59 Å². The molecule has 0 amide bonds. The van der Waals surface area contributed by atoms with Crippen LogP contribution in [0.2, 0.25) is 0 Å². The van der Waals surface area contributed by atoms with E-state index in [4.69, 9.17) is 5.26 Å². The lowest BCUT2D eigenvalue weighted by Crippen LogP contribution is -2.39. The summed E-state index contributed by atoms with van der Waals surface area (Å²) >= 11 is 0. The number of carbonyl (C=O) groups excluding carboxylic acids is 2. The molecule has 3 heteroatoms. The fraction of sp³-hybridized carbons (Fsp3) is 0.667. The molecule has 0 aromatic carbocycles. The Kier molecular flexibility index (Phi) is 2.27. The zero-order valence-electron chi connectivity index (χ0n) is 7.09. The van der Waals surface area contributed by atoms with Gasteiger partial charge in [0, 0.05) is 12.8 Å². The van der Waals surface area contributed by atoms with Crippen LogP contribution in [0.15, 0.2) is 0 Å². The summed E-state index contributed by atoms with van der Waals surface area (Å²) in [5.74, 6) is -0.138. The Morgan fingerprint density at radius 1 is 1.42 bits per heavy atom. The average Bonchev–Trinajstić information content (AvgIpc) is 2.02. The average molecular weight is 165 g/mol. The van der Waals surface area contributed by atoms with Gasteiger partial charge in [-0.3, -0.25) is 9.59 Å². The highest BCUT2D eigenvalue weighted by Crippen LogP contribution is 2.32. The van der Waals surface area contributed by atoms with Crippen LogP contribution < -0.4 is 0 Å². The van der Waals surface area contributed by atoms with Crippen LogP contribution in [0.4, 0.5) is 0 Å². The van der Waals surface area contributed by atoms with Crippen LogP contribution in [0.25, 0.3) is 0 Å². The van der Waals surface area contributed by atoms with Crippen molar-refractivity contribution in [2.75, 3.05) is 0 Å². The molecule has 0 heterocycles. The third-order valence-corrected chi connectivity index (χ3v) is 2.47. The molecule has 1 saturated carbocycles. The molecule has 0 aliphatic heterocycles. The molecule has 0 aromatic rings. The summed E-state index contributed by atoms with van der Waals surface area (Å²) in [5, 5.41) is 8.46. The lowest BCUT2D eigenvalue weighted by atomic mass is 9.72. The van der Waals surface area contributed by atoms with E-state index in [2.05, 4.69) is 0 Å². The second-order valence-electron chi connectivity index (χ2n) is 3.37. The topological polar surface area (TPSA) is 57.9 Å². The van der Waals surface area contributed by atoms with Crippen LogP contribution in [0.5, 0.6) is 0 Å². The Labute approximate surface area is 71.4 Å². The molecule has 64 valence electrons. The molecule has 1 fully saturated rings. The van der Waals surface area contributed by atoms with Crippen molar-refractivity contribution >= 4 is 11.6 Å². The fourth-order valence-electron chi connectivity index (χ4n) is 1.47. The maximum absolute atomic E-state index is 11.3. The standard InChI is InChI=1S/C9H11NO2/c1-9(5-6-10)7(11)3-2-4-8(9)12/h2-5H2,1H3. The Morgan fingerprint density at radius 3 is 2.33 bits per heavy atom. The third-order valence-electron chi connectivity index (χ3n) is 2.47. The number of Topliss-reactive ketones (excluding diaryl/α,β-unsaturated/α-hetero) is 2. The van der Waals surface area contributed by atoms with E-state index >= 15 is 0 Å². The first-order valence-electron chi connectivity index (χ1n) is 4.05. The number of rotatable bonds is 1. The monoisotopic (exact) mass is 165 g/mol. The second-order valence-corrected chi connectivity index (χ2v) is 3.37. The summed E-state index contributed by atoms with van der Waals surface area (Å²) in [6, 6.07) is 1.90. The first-order chi connectivity index (χ1) is 5.61. The first kappa shape index (κ1) is 8.92. The van der Waals surface area contributed by atoms with Gasteiger partial charge >= 0.3 is 0 Å².